The summed E-state index contributed by atoms with van der Waals surface area (Å²) >= 11 is 0. The second-order valence-electron chi connectivity index (χ2n) is 7.67. The van der Waals surface area contributed by atoms with Gasteiger partial charge in [0.25, 0.3) is 5.91 Å². The number of nitrogens with one attached hydrogen (secondary N) is 2. The molecule has 2 aromatic carbocycles. The van der Waals surface area contributed by atoms with Crippen LogP contribution in [0.2, 0.25) is 0 Å². The summed E-state index contributed by atoms with van der Waals surface area (Å²) < 4.78 is 20.5. The Kier molecular flexibility index (Phi) is 4.91. The van der Waals surface area contributed by atoms with E-state index in [9.17, 15) is 9.18 Å². The Morgan fingerprint density at radius 3 is 2.35 bits per heavy atom. The Labute approximate surface area is 178 Å². The van der Waals surface area contributed by atoms with Gasteiger partial charge in [-0.1, -0.05) is 0 Å². The number of aromatic amines is 1. The first-order chi connectivity index (χ1) is 15.1. The lowest BCUT2D eigenvalue weighted by atomic mass is 9.92. The normalized spacial score (nSPS) is 14.7. The fourth-order valence-corrected chi connectivity index (χ4v) is 4.12. The number of hydrogen-bond acceptors (Lipinski definition) is 4. The van der Waals surface area contributed by atoms with E-state index in [-0.39, 0.29) is 5.82 Å². The maximum Gasteiger partial charge on any atom is 0.269 e. The fourth-order valence-electron chi connectivity index (χ4n) is 4.12. The largest absolute Gasteiger partial charge is 0.457 e. The van der Waals surface area contributed by atoms with Crippen LogP contribution in [-0.2, 0) is 0 Å². The van der Waals surface area contributed by atoms with Crippen LogP contribution in [0.3, 0.4) is 0 Å². The van der Waals surface area contributed by atoms with E-state index < -0.39 is 5.91 Å². The number of benzene rings is 2. The zero-order valence-corrected chi connectivity index (χ0v) is 16.8. The third-order valence-electron chi connectivity index (χ3n) is 5.67. The summed E-state index contributed by atoms with van der Waals surface area (Å²) in [6, 6.07) is 13.0. The second kappa shape index (κ2) is 7.88. The Hall–Kier alpha value is -3.65. The molecule has 1 saturated heterocycles. The summed E-state index contributed by atoms with van der Waals surface area (Å²) in [5.74, 6) is 0.649. The van der Waals surface area contributed by atoms with Crippen molar-refractivity contribution in [3.8, 4) is 22.8 Å². The number of ether oxygens (including phenoxy) is 1. The van der Waals surface area contributed by atoms with Crippen molar-refractivity contribution in [3.05, 3.63) is 71.8 Å². The summed E-state index contributed by atoms with van der Waals surface area (Å²) in [6.07, 6.45) is 3.97. The Morgan fingerprint density at radius 2 is 1.71 bits per heavy atom. The minimum Gasteiger partial charge on any atom is -0.457 e. The highest BCUT2D eigenvalue weighted by molar-refractivity contribution is 5.98. The first-order valence-electron chi connectivity index (χ1n) is 10.2. The van der Waals surface area contributed by atoms with Crippen LogP contribution in [-0.4, -0.2) is 33.6 Å². The SMILES string of the molecule is NC(=O)c1c(-c2ccc(Oc3ccc(F)cc3)cc2)nc2c(C3CCNCC3)c[nH]n12. The van der Waals surface area contributed by atoms with E-state index in [1.54, 1.807) is 28.8 Å². The average molecular weight is 419 g/mol. The van der Waals surface area contributed by atoms with Gasteiger partial charge >= 0.3 is 0 Å². The minimum absolute atomic E-state index is 0.318. The molecule has 1 fully saturated rings. The van der Waals surface area contributed by atoms with Crippen LogP contribution >= 0.6 is 0 Å². The van der Waals surface area contributed by atoms with Gasteiger partial charge in [0, 0.05) is 17.3 Å². The lowest BCUT2D eigenvalue weighted by molar-refractivity contribution is 0.0994. The number of rotatable bonds is 5. The molecule has 3 heterocycles. The van der Waals surface area contributed by atoms with Crippen LogP contribution in [0.15, 0.2) is 54.7 Å². The highest BCUT2D eigenvalue weighted by atomic mass is 19.1. The molecule has 8 heteroatoms. The first kappa shape index (κ1) is 19.3. The molecule has 158 valence electrons. The molecule has 0 unspecified atom stereocenters. The number of H-pyrrole nitrogens is 1. The lowest BCUT2D eigenvalue weighted by Crippen LogP contribution is -2.26. The molecule has 4 N–H and O–H groups in total. The molecule has 1 aliphatic heterocycles. The number of amides is 1. The number of carbonyl (C=O) groups excluding carboxylic acids is 1. The highest BCUT2D eigenvalue weighted by Gasteiger charge is 2.25. The van der Waals surface area contributed by atoms with Crippen LogP contribution in [0.25, 0.3) is 16.9 Å². The maximum absolute atomic E-state index is 13.1. The number of hydrogen-bond donors (Lipinski definition) is 3. The molecule has 1 aliphatic rings. The van der Waals surface area contributed by atoms with E-state index in [0.717, 1.165) is 42.7 Å². The number of aromatic nitrogens is 3. The van der Waals surface area contributed by atoms with Crippen molar-refractivity contribution < 1.29 is 13.9 Å². The van der Waals surface area contributed by atoms with Crippen LogP contribution in [0.1, 0.15) is 34.8 Å². The molecule has 0 aliphatic carbocycles. The monoisotopic (exact) mass is 419 g/mol. The standard InChI is InChI=1S/C23H22FN5O2/c24-16-3-7-18(8-4-16)31-17-5-1-15(2-6-17)20-21(22(25)30)29-23(28-20)19(13-27-29)14-9-11-26-12-10-14/h1-8,13-14,26-27H,9-12H2,(H2,25,30). The Morgan fingerprint density at radius 1 is 1.06 bits per heavy atom. The minimum atomic E-state index is -0.548. The predicted molar refractivity (Wildman–Crippen MR) is 115 cm³/mol. The van der Waals surface area contributed by atoms with Gasteiger partial charge in [-0.05, 0) is 80.4 Å². The van der Waals surface area contributed by atoms with Crippen LogP contribution in [0.4, 0.5) is 4.39 Å². The fraction of sp³-hybridized carbons (Fsp3) is 0.217. The van der Waals surface area contributed by atoms with E-state index in [4.69, 9.17) is 15.5 Å². The van der Waals surface area contributed by atoms with Crippen LogP contribution in [0.5, 0.6) is 11.5 Å². The zero-order chi connectivity index (χ0) is 21.4. The van der Waals surface area contributed by atoms with Gasteiger partial charge in [-0.3, -0.25) is 9.89 Å². The van der Waals surface area contributed by atoms with Gasteiger partial charge in [-0.15, -0.1) is 0 Å². The van der Waals surface area contributed by atoms with Gasteiger partial charge < -0.3 is 15.8 Å². The summed E-state index contributed by atoms with van der Waals surface area (Å²) in [5, 5.41) is 6.52. The molecule has 0 saturated carbocycles. The van der Waals surface area contributed by atoms with Gasteiger partial charge in [0.1, 0.15) is 23.0 Å². The predicted octanol–water partition coefficient (Wildman–Crippen LogP) is 3.83. The number of halogens is 1. The van der Waals surface area contributed by atoms with Crippen molar-refractivity contribution in [2.24, 2.45) is 5.73 Å². The molecule has 7 nitrogen and oxygen atoms in total. The molecular weight excluding hydrogens is 397 g/mol. The highest BCUT2D eigenvalue weighted by Crippen LogP contribution is 2.33. The number of nitrogens with two attached hydrogens (primary N) is 1. The van der Waals surface area contributed by atoms with Gasteiger partial charge in [-0.25, -0.2) is 13.9 Å². The van der Waals surface area contributed by atoms with Crippen LogP contribution in [0, 0.1) is 5.82 Å². The van der Waals surface area contributed by atoms with Crippen LogP contribution < -0.4 is 15.8 Å². The molecule has 0 bridgehead atoms. The quantitative estimate of drug-likeness (QED) is 0.458. The molecule has 31 heavy (non-hydrogen) atoms. The third kappa shape index (κ3) is 3.66. The number of imidazole rings is 1. The maximum atomic E-state index is 13.1. The third-order valence-corrected chi connectivity index (χ3v) is 5.67. The second-order valence-corrected chi connectivity index (χ2v) is 7.67. The number of carbonyl (C=O) groups is 1. The number of fused-ring (bicyclic) bond motifs is 1. The van der Waals surface area contributed by atoms with Crippen molar-refractivity contribution in [2.45, 2.75) is 18.8 Å². The number of piperidine rings is 1. The molecule has 0 radical (unpaired) electrons. The van der Waals surface area contributed by atoms with Crippen molar-refractivity contribution in [1.82, 2.24) is 19.9 Å². The summed E-state index contributed by atoms with van der Waals surface area (Å²) in [7, 11) is 0. The van der Waals surface area contributed by atoms with Crippen molar-refractivity contribution >= 4 is 11.6 Å². The Balaban J connectivity index is 1.48. The number of primary amides is 1. The smallest absolute Gasteiger partial charge is 0.269 e. The zero-order valence-electron chi connectivity index (χ0n) is 16.8. The van der Waals surface area contributed by atoms with Gasteiger partial charge in [0.05, 0.1) is 0 Å². The van der Waals surface area contributed by atoms with E-state index >= 15 is 0 Å². The van der Waals surface area contributed by atoms with Crippen molar-refractivity contribution in [2.75, 3.05) is 13.1 Å². The first-order valence-corrected chi connectivity index (χ1v) is 10.2. The van der Waals surface area contributed by atoms with E-state index in [0.29, 0.717) is 28.8 Å². The lowest BCUT2D eigenvalue weighted by Gasteiger charge is -2.21. The summed E-state index contributed by atoms with van der Waals surface area (Å²) in [5.41, 5.74) is 9.16. The summed E-state index contributed by atoms with van der Waals surface area (Å²) in [4.78, 5) is 17.1. The molecule has 1 amide bonds. The van der Waals surface area contributed by atoms with E-state index in [2.05, 4.69) is 10.4 Å². The van der Waals surface area contributed by atoms with E-state index in [1.807, 2.05) is 18.3 Å². The molecule has 0 atom stereocenters. The number of nitrogens with zero attached hydrogens (tertiary/aromatic N) is 2. The van der Waals surface area contributed by atoms with Gasteiger partial charge in [0.2, 0.25) is 0 Å². The molecule has 2 aromatic heterocycles. The summed E-state index contributed by atoms with van der Waals surface area (Å²) in [6.45, 7) is 1.93. The molecule has 5 rings (SSSR count). The molecule has 4 aromatic rings. The average Bonchev–Trinajstić information content (AvgIpc) is 3.36. The Bertz CT molecular complexity index is 1220. The molecule has 0 spiro atoms. The van der Waals surface area contributed by atoms with Gasteiger partial charge in [0.15, 0.2) is 11.3 Å². The van der Waals surface area contributed by atoms with Gasteiger partial charge in [-0.2, -0.15) is 0 Å². The van der Waals surface area contributed by atoms with Crippen molar-refractivity contribution in [3.63, 3.8) is 0 Å². The van der Waals surface area contributed by atoms with Crippen molar-refractivity contribution in [1.29, 1.82) is 0 Å². The van der Waals surface area contributed by atoms with E-state index in [1.165, 1.54) is 12.1 Å². The molecular formula is C23H22FN5O2. The topological polar surface area (TPSA) is 97.4 Å².